The Morgan fingerprint density at radius 2 is 0.944 bits per heavy atom. The number of ether oxygens (including phenoxy) is 2. The van der Waals surface area contributed by atoms with E-state index in [0.717, 1.165) is 15.6 Å². The van der Waals surface area contributed by atoms with E-state index in [0.29, 0.717) is 39.4 Å². The molecule has 0 saturated carbocycles. The first-order chi connectivity index (χ1) is 34.5. The van der Waals surface area contributed by atoms with Crippen LogP contribution in [0.15, 0.2) is 139 Å². The summed E-state index contributed by atoms with van der Waals surface area (Å²) in [4.78, 5) is 72.4. The number of hydrogen-bond donors (Lipinski definition) is 2. The Balaban J connectivity index is 0.000000202. The van der Waals surface area contributed by atoms with Crippen molar-refractivity contribution in [2.75, 3.05) is 73.2 Å². The summed E-state index contributed by atoms with van der Waals surface area (Å²) in [6, 6.07) is 27.6. The number of amides is 4. The van der Waals surface area contributed by atoms with Crippen molar-refractivity contribution in [1.29, 1.82) is 0 Å². The van der Waals surface area contributed by atoms with Crippen LogP contribution in [-0.2, 0) is 42.2 Å². The van der Waals surface area contributed by atoms with Crippen molar-refractivity contribution in [2.45, 2.75) is 13.1 Å². The largest absolute Gasteiger partial charge is 0.488 e. The highest BCUT2D eigenvalue weighted by Crippen LogP contribution is 2.26. The van der Waals surface area contributed by atoms with Gasteiger partial charge in [0.2, 0.25) is 0 Å². The molecular formula is C48H50BBrN8O12S2. The molecule has 20 nitrogen and oxygen atoms in total. The summed E-state index contributed by atoms with van der Waals surface area (Å²) in [5.74, 6) is -1.18. The van der Waals surface area contributed by atoms with Gasteiger partial charge in [-0.05, 0) is 102 Å². The van der Waals surface area contributed by atoms with Crippen molar-refractivity contribution in [3.8, 4) is 11.1 Å². The minimum absolute atomic E-state index is 0.0427. The molecule has 0 unspecified atom stereocenters. The summed E-state index contributed by atoms with van der Waals surface area (Å²) in [6.07, 6.45) is 9.26. The molecule has 0 radical (unpaired) electrons. The minimum atomic E-state index is -3.12. The van der Waals surface area contributed by atoms with Crippen LogP contribution >= 0.6 is 15.9 Å². The maximum absolute atomic E-state index is 13.4. The van der Waals surface area contributed by atoms with Crippen LogP contribution in [0.3, 0.4) is 0 Å². The maximum atomic E-state index is 13.4. The predicted octanol–water partition coefficient (Wildman–Crippen LogP) is 4.04. The number of pyridine rings is 4. The second kappa shape index (κ2) is 25.3. The number of carbonyl (C=O) groups excluding carboxylic acids is 4. The highest BCUT2D eigenvalue weighted by molar-refractivity contribution is 9.10. The second-order valence-corrected chi connectivity index (χ2v) is 21.5. The van der Waals surface area contributed by atoms with Gasteiger partial charge in [0.25, 0.3) is 0 Å². The third-order valence-electron chi connectivity index (χ3n) is 11.2. The van der Waals surface area contributed by atoms with Crippen LogP contribution in [-0.4, -0.2) is 151 Å². The highest BCUT2D eigenvalue weighted by Gasteiger charge is 2.31. The molecular weight excluding hydrogens is 1040 g/mol. The van der Waals surface area contributed by atoms with Crippen molar-refractivity contribution in [1.82, 2.24) is 29.7 Å². The summed E-state index contributed by atoms with van der Waals surface area (Å²) in [5.41, 5.74) is 5.53. The Hall–Kier alpha value is -7.12. The fraction of sp³-hybridized carbons (Fsp3) is 0.250. The monoisotopic (exact) mass is 1080 g/mol. The average molecular weight is 1090 g/mol. The summed E-state index contributed by atoms with van der Waals surface area (Å²) < 4.78 is 57.3. The predicted molar refractivity (Wildman–Crippen MR) is 273 cm³/mol. The van der Waals surface area contributed by atoms with Crippen LogP contribution in [0.2, 0.25) is 0 Å². The molecule has 376 valence electrons. The van der Waals surface area contributed by atoms with Gasteiger partial charge in [-0.1, -0.05) is 28.1 Å². The summed E-state index contributed by atoms with van der Waals surface area (Å²) in [6.45, 7) is 0.915. The van der Waals surface area contributed by atoms with Gasteiger partial charge in [0.1, 0.15) is 0 Å². The summed E-state index contributed by atoms with van der Waals surface area (Å²) in [5, 5.41) is 17.1. The number of urea groups is 2. The molecule has 8 rings (SSSR count). The number of aromatic nitrogens is 4. The van der Waals surface area contributed by atoms with Gasteiger partial charge in [-0.15, -0.1) is 0 Å². The normalized spacial score (nSPS) is 14.5. The van der Waals surface area contributed by atoms with Crippen LogP contribution in [0.25, 0.3) is 11.1 Å². The molecule has 6 aromatic rings. The molecule has 2 saturated heterocycles. The van der Waals surface area contributed by atoms with E-state index in [1.54, 1.807) is 75.6 Å². The van der Waals surface area contributed by atoms with E-state index in [-0.39, 0.29) is 74.3 Å². The van der Waals surface area contributed by atoms with E-state index in [4.69, 9.17) is 14.8 Å². The highest BCUT2D eigenvalue weighted by atomic mass is 79.9. The lowest BCUT2D eigenvalue weighted by atomic mass is 9.81. The number of methoxy groups -OCH3 is 2. The van der Waals surface area contributed by atoms with E-state index in [2.05, 4.69) is 40.6 Å². The molecule has 2 fully saturated rings. The van der Waals surface area contributed by atoms with Gasteiger partial charge in [0.05, 0.1) is 72.8 Å². The zero-order chi connectivity index (χ0) is 51.8. The van der Waals surface area contributed by atoms with Gasteiger partial charge >= 0.3 is 31.1 Å². The van der Waals surface area contributed by atoms with Crippen molar-refractivity contribution in [3.05, 3.63) is 161 Å². The zero-order valence-corrected chi connectivity index (χ0v) is 42.3. The molecule has 6 heterocycles. The Kier molecular flexibility index (Phi) is 19.1. The van der Waals surface area contributed by atoms with E-state index in [1.165, 1.54) is 43.9 Å². The molecule has 2 aromatic carbocycles. The van der Waals surface area contributed by atoms with Crippen LogP contribution in [0.4, 0.5) is 21.0 Å². The van der Waals surface area contributed by atoms with Crippen LogP contribution in [0.1, 0.15) is 32.1 Å². The molecule has 2 aliphatic rings. The van der Waals surface area contributed by atoms with Gasteiger partial charge in [-0.2, -0.15) is 0 Å². The number of sulfone groups is 2. The third kappa shape index (κ3) is 15.4. The molecule has 0 aliphatic carbocycles. The molecule has 0 atom stereocenters. The van der Waals surface area contributed by atoms with Crippen LogP contribution in [0.5, 0.6) is 0 Å². The topological polar surface area (TPSA) is 260 Å². The summed E-state index contributed by atoms with van der Waals surface area (Å²) >= 11 is 3.38. The first-order valence-corrected chi connectivity index (χ1v) is 26.5. The van der Waals surface area contributed by atoms with Crippen molar-refractivity contribution in [3.63, 3.8) is 0 Å². The number of hydrogen-bond acceptors (Lipinski definition) is 16. The molecule has 0 bridgehead atoms. The number of halogens is 1. The lowest BCUT2D eigenvalue weighted by Crippen LogP contribution is -2.49. The number of nitrogens with zero attached hydrogens (tertiary/aromatic N) is 8. The average Bonchev–Trinajstić information content (AvgIpc) is 3.40. The van der Waals surface area contributed by atoms with Gasteiger partial charge in [-0.25, -0.2) is 36.0 Å². The van der Waals surface area contributed by atoms with Gasteiger partial charge < -0.3 is 29.3 Å². The number of anilines is 2. The lowest BCUT2D eigenvalue weighted by Gasteiger charge is -2.33. The summed E-state index contributed by atoms with van der Waals surface area (Å²) in [7, 11) is -5.01. The van der Waals surface area contributed by atoms with Crippen LogP contribution in [0, 0.1) is 0 Å². The molecule has 4 aromatic heterocycles. The molecule has 24 heteroatoms. The minimum Gasteiger partial charge on any atom is -0.465 e. The standard InChI is InChI=1S/C24H24N4O5S.C19H20BrN3O5S.C5H6BNO2/c1-33-23(29)20-2-5-21(26-16-20)17-28(24(30)27-12-14-34(31,32)15-13-27)22-6-3-18(4-7-22)19-8-10-25-11-9-19;1-28-18(24)14-2-5-16(21-12-14)13-23(17-6-3-15(20)4-7-17)19(25)22-8-10-29(26,27)11-9-22;8-6(9)5-1-3-7-4-2-5/h2-11,16H,12-15,17H2,1H3;2-7,12H,8-11,13H2,1H3;1-4,8-9H. The smallest absolute Gasteiger partial charge is 0.465 e. The lowest BCUT2D eigenvalue weighted by molar-refractivity contribution is 0.0591. The Labute approximate surface area is 425 Å². The van der Waals surface area contributed by atoms with Crippen LogP contribution < -0.4 is 15.3 Å². The van der Waals surface area contributed by atoms with Gasteiger partial charge in [0, 0.05) is 79.2 Å². The Bertz CT molecular complexity index is 2980. The SMILES string of the molecule is COC(=O)c1ccc(CN(C(=O)N2CCS(=O)(=O)CC2)c2ccc(-c3ccncc3)cc2)nc1.COC(=O)c1ccc(CN(C(=O)N2CCS(=O)(=O)CC2)c2ccc(Br)cc2)nc1.OB(O)c1ccncc1. The quantitative estimate of drug-likeness (QED) is 0.145. The Morgan fingerprint density at radius 3 is 1.29 bits per heavy atom. The number of carbonyl (C=O) groups is 4. The molecule has 0 spiro atoms. The number of rotatable bonds is 10. The van der Waals surface area contributed by atoms with Crippen molar-refractivity contribution >= 4 is 83.6 Å². The number of benzene rings is 2. The fourth-order valence-electron chi connectivity index (χ4n) is 7.06. The van der Waals surface area contributed by atoms with E-state index >= 15 is 0 Å². The molecule has 72 heavy (non-hydrogen) atoms. The third-order valence-corrected chi connectivity index (χ3v) is 14.9. The first-order valence-electron chi connectivity index (χ1n) is 22.1. The van der Waals surface area contributed by atoms with Crippen molar-refractivity contribution in [2.24, 2.45) is 0 Å². The first kappa shape index (κ1) is 54.2. The van der Waals surface area contributed by atoms with E-state index in [1.807, 2.05) is 48.5 Å². The van der Waals surface area contributed by atoms with E-state index in [9.17, 15) is 36.0 Å². The zero-order valence-electron chi connectivity index (χ0n) is 39.1. The number of esters is 2. The molecule has 4 amide bonds. The van der Waals surface area contributed by atoms with Gasteiger partial charge in [0.15, 0.2) is 19.7 Å². The fourth-order valence-corrected chi connectivity index (χ4v) is 9.73. The second-order valence-electron chi connectivity index (χ2n) is 16.0. The van der Waals surface area contributed by atoms with Crippen molar-refractivity contribution < 1.29 is 55.5 Å². The van der Waals surface area contributed by atoms with E-state index < -0.39 is 38.7 Å². The molecule has 2 aliphatic heterocycles. The Morgan fingerprint density at radius 1 is 0.569 bits per heavy atom. The molecule has 2 N–H and O–H groups in total. The van der Waals surface area contributed by atoms with Gasteiger partial charge in [-0.3, -0.25) is 29.7 Å². The maximum Gasteiger partial charge on any atom is 0.488 e.